The standard InChI is InChI=1S/C14H22N2O2/c1-10(2)11-5-7-12(8-6-11)16(4)9-13(15-3)14(17)18/h5-8,10,13,15H,9H2,1-4H3,(H,17,18). The van der Waals surface area contributed by atoms with Crippen LogP contribution in [0.15, 0.2) is 24.3 Å². The van der Waals surface area contributed by atoms with Gasteiger partial charge in [0.1, 0.15) is 6.04 Å². The van der Waals surface area contributed by atoms with Gasteiger partial charge < -0.3 is 15.3 Å². The van der Waals surface area contributed by atoms with Crippen LogP contribution in [0.2, 0.25) is 0 Å². The largest absolute Gasteiger partial charge is 0.480 e. The van der Waals surface area contributed by atoms with E-state index in [0.29, 0.717) is 12.5 Å². The van der Waals surface area contributed by atoms with E-state index in [1.54, 1.807) is 7.05 Å². The Labute approximate surface area is 109 Å². The van der Waals surface area contributed by atoms with Gasteiger partial charge in [-0.1, -0.05) is 26.0 Å². The molecule has 1 unspecified atom stereocenters. The maximum absolute atomic E-state index is 11.0. The number of carboxylic acid groups (broad SMARTS) is 1. The van der Waals surface area contributed by atoms with Crippen molar-refractivity contribution in [2.75, 3.05) is 25.5 Å². The molecule has 0 spiro atoms. The highest BCUT2D eigenvalue weighted by Gasteiger charge is 2.17. The minimum Gasteiger partial charge on any atom is -0.480 e. The minimum atomic E-state index is -0.830. The third kappa shape index (κ3) is 3.74. The molecule has 0 heterocycles. The Bertz CT molecular complexity index is 387. The third-order valence-corrected chi connectivity index (χ3v) is 3.10. The molecule has 4 heteroatoms. The molecule has 1 aromatic rings. The van der Waals surface area contributed by atoms with Crippen molar-refractivity contribution in [3.05, 3.63) is 29.8 Å². The highest BCUT2D eigenvalue weighted by molar-refractivity contribution is 5.74. The molecule has 0 radical (unpaired) electrons. The Morgan fingerprint density at radius 3 is 2.28 bits per heavy atom. The number of carbonyl (C=O) groups is 1. The lowest BCUT2D eigenvalue weighted by Gasteiger charge is -2.23. The predicted molar refractivity (Wildman–Crippen MR) is 74.3 cm³/mol. The smallest absolute Gasteiger partial charge is 0.322 e. The van der Waals surface area contributed by atoms with Crippen molar-refractivity contribution >= 4 is 11.7 Å². The predicted octanol–water partition coefficient (Wildman–Crippen LogP) is 1.92. The zero-order chi connectivity index (χ0) is 13.7. The van der Waals surface area contributed by atoms with Gasteiger partial charge in [-0.25, -0.2) is 0 Å². The van der Waals surface area contributed by atoms with Gasteiger partial charge in [-0.2, -0.15) is 0 Å². The van der Waals surface area contributed by atoms with Crippen LogP contribution >= 0.6 is 0 Å². The lowest BCUT2D eigenvalue weighted by molar-refractivity contribution is -0.139. The van der Waals surface area contributed by atoms with Crippen molar-refractivity contribution in [1.82, 2.24) is 5.32 Å². The molecule has 1 aromatic carbocycles. The number of nitrogens with one attached hydrogen (secondary N) is 1. The van der Waals surface area contributed by atoms with Gasteiger partial charge >= 0.3 is 5.97 Å². The maximum atomic E-state index is 11.0. The molecule has 0 aliphatic carbocycles. The van der Waals surface area contributed by atoms with E-state index >= 15 is 0 Å². The summed E-state index contributed by atoms with van der Waals surface area (Å²) in [6.07, 6.45) is 0. The highest BCUT2D eigenvalue weighted by Crippen LogP contribution is 2.19. The number of hydrogen-bond donors (Lipinski definition) is 2. The van der Waals surface area contributed by atoms with Gasteiger partial charge in [-0.15, -0.1) is 0 Å². The number of carboxylic acids is 1. The second-order valence-corrected chi connectivity index (χ2v) is 4.81. The van der Waals surface area contributed by atoms with Crippen LogP contribution in [0.4, 0.5) is 5.69 Å². The van der Waals surface area contributed by atoms with Crippen molar-refractivity contribution < 1.29 is 9.90 Å². The Kier molecular flexibility index (Phi) is 5.16. The van der Waals surface area contributed by atoms with Gasteiger partial charge in [-0.05, 0) is 30.7 Å². The average Bonchev–Trinajstić information content (AvgIpc) is 2.35. The van der Waals surface area contributed by atoms with Crippen molar-refractivity contribution in [1.29, 1.82) is 0 Å². The van der Waals surface area contributed by atoms with Gasteiger partial charge in [0.15, 0.2) is 0 Å². The molecule has 18 heavy (non-hydrogen) atoms. The second-order valence-electron chi connectivity index (χ2n) is 4.81. The van der Waals surface area contributed by atoms with Crippen LogP contribution in [0.3, 0.4) is 0 Å². The molecule has 0 amide bonds. The normalized spacial score (nSPS) is 12.5. The van der Waals surface area contributed by atoms with E-state index in [2.05, 4.69) is 31.3 Å². The average molecular weight is 250 g/mol. The summed E-state index contributed by atoms with van der Waals surface area (Å²) in [5.74, 6) is -0.323. The maximum Gasteiger partial charge on any atom is 0.322 e. The Hall–Kier alpha value is -1.55. The second kappa shape index (κ2) is 6.40. The van der Waals surface area contributed by atoms with E-state index in [1.807, 2.05) is 24.1 Å². The molecular weight excluding hydrogens is 228 g/mol. The first kappa shape index (κ1) is 14.5. The van der Waals surface area contributed by atoms with Gasteiger partial charge in [-0.3, -0.25) is 4.79 Å². The monoisotopic (exact) mass is 250 g/mol. The SMILES string of the molecule is CNC(CN(C)c1ccc(C(C)C)cc1)C(=O)O. The van der Waals surface area contributed by atoms with Crippen molar-refractivity contribution in [2.24, 2.45) is 0 Å². The highest BCUT2D eigenvalue weighted by atomic mass is 16.4. The quantitative estimate of drug-likeness (QED) is 0.810. The lowest BCUT2D eigenvalue weighted by atomic mass is 10.0. The van der Waals surface area contributed by atoms with Gasteiger partial charge in [0.2, 0.25) is 0 Å². The summed E-state index contributed by atoms with van der Waals surface area (Å²) < 4.78 is 0. The van der Waals surface area contributed by atoms with Crippen LogP contribution in [0.25, 0.3) is 0 Å². The zero-order valence-electron chi connectivity index (χ0n) is 11.5. The summed E-state index contributed by atoms with van der Waals surface area (Å²) in [4.78, 5) is 12.9. The van der Waals surface area contributed by atoms with E-state index in [-0.39, 0.29) is 0 Å². The summed E-state index contributed by atoms with van der Waals surface area (Å²) in [6, 6.07) is 7.69. The number of rotatable bonds is 6. The Morgan fingerprint density at radius 1 is 1.33 bits per heavy atom. The minimum absolute atomic E-state index is 0.437. The Morgan fingerprint density at radius 2 is 1.89 bits per heavy atom. The summed E-state index contributed by atoms with van der Waals surface area (Å²) in [6.45, 7) is 4.74. The molecule has 0 aliphatic rings. The van der Waals surface area contributed by atoms with Crippen molar-refractivity contribution in [3.63, 3.8) is 0 Å². The molecule has 1 rings (SSSR count). The number of hydrogen-bond acceptors (Lipinski definition) is 3. The first-order valence-electron chi connectivity index (χ1n) is 6.17. The number of nitrogens with zero attached hydrogens (tertiary/aromatic N) is 1. The van der Waals surface area contributed by atoms with Crippen LogP contribution in [0.1, 0.15) is 25.3 Å². The summed E-state index contributed by atoms with van der Waals surface area (Å²) in [5, 5.41) is 11.8. The molecule has 0 saturated heterocycles. The van der Waals surface area contributed by atoms with E-state index in [9.17, 15) is 4.79 Å². The molecule has 0 aliphatic heterocycles. The summed E-state index contributed by atoms with van der Waals surface area (Å²) in [7, 11) is 3.56. The molecule has 2 N–H and O–H groups in total. The fourth-order valence-electron chi connectivity index (χ4n) is 1.79. The molecule has 0 fully saturated rings. The number of benzene rings is 1. The first-order chi connectivity index (χ1) is 8.45. The van der Waals surface area contributed by atoms with Gasteiger partial charge in [0.25, 0.3) is 0 Å². The van der Waals surface area contributed by atoms with E-state index in [4.69, 9.17) is 5.11 Å². The van der Waals surface area contributed by atoms with Crippen LogP contribution in [0, 0.1) is 0 Å². The lowest BCUT2D eigenvalue weighted by Crippen LogP contribution is -2.43. The molecule has 4 nitrogen and oxygen atoms in total. The first-order valence-corrected chi connectivity index (χ1v) is 6.17. The zero-order valence-corrected chi connectivity index (χ0v) is 11.5. The Balaban J connectivity index is 2.72. The van der Waals surface area contributed by atoms with Crippen LogP contribution in [-0.4, -0.2) is 37.8 Å². The summed E-state index contributed by atoms with van der Waals surface area (Å²) >= 11 is 0. The van der Waals surface area contributed by atoms with E-state index < -0.39 is 12.0 Å². The molecular formula is C14H22N2O2. The van der Waals surface area contributed by atoms with Crippen molar-refractivity contribution in [3.8, 4) is 0 Å². The van der Waals surface area contributed by atoms with Crippen LogP contribution in [0.5, 0.6) is 0 Å². The molecule has 0 aromatic heterocycles. The molecule has 0 saturated carbocycles. The topological polar surface area (TPSA) is 52.6 Å². The number of aliphatic carboxylic acids is 1. The fraction of sp³-hybridized carbons (Fsp3) is 0.500. The molecule has 1 atom stereocenters. The van der Waals surface area contributed by atoms with E-state index in [0.717, 1.165) is 5.69 Å². The van der Waals surface area contributed by atoms with Gasteiger partial charge in [0, 0.05) is 19.3 Å². The number of likely N-dealkylation sites (N-methyl/N-ethyl adjacent to an activating group) is 2. The fourth-order valence-corrected chi connectivity index (χ4v) is 1.79. The summed E-state index contributed by atoms with van der Waals surface area (Å²) in [5.41, 5.74) is 2.32. The van der Waals surface area contributed by atoms with E-state index in [1.165, 1.54) is 5.56 Å². The molecule has 0 bridgehead atoms. The molecule has 100 valence electrons. The van der Waals surface area contributed by atoms with Crippen LogP contribution in [-0.2, 0) is 4.79 Å². The van der Waals surface area contributed by atoms with Gasteiger partial charge in [0.05, 0.1) is 0 Å². The van der Waals surface area contributed by atoms with Crippen molar-refractivity contribution in [2.45, 2.75) is 25.8 Å². The third-order valence-electron chi connectivity index (χ3n) is 3.10. The number of anilines is 1. The van der Waals surface area contributed by atoms with Crippen LogP contribution < -0.4 is 10.2 Å².